The predicted molar refractivity (Wildman–Crippen MR) is 78.6 cm³/mol. The first-order chi connectivity index (χ1) is 11.5. The normalized spacial score (nSPS) is 18.9. The van der Waals surface area contributed by atoms with Gasteiger partial charge >= 0.3 is 12.4 Å². The Kier molecular flexibility index (Phi) is 5.65. The molecule has 0 saturated carbocycles. The zero-order valence-electron chi connectivity index (χ0n) is 13.5. The summed E-state index contributed by atoms with van der Waals surface area (Å²) in [6.45, 7) is 0.329. The van der Waals surface area contributed by atoms with E-state index in [0.29, 0.717) is 25.1 Å². The molecule has 9 heteroatoms. The van der Waals surface area contributed by atoms with Crippen LogP contribution in [-0.2, 0) is 23.7 Å². The van der Waals surface area contributed by atoms with Gasteiger partial charge in [0.05, 0.1) is 17.2 Å². The fourth-order valence-electron chi connectivity index (χ4n) is 2.79. The Morgan fingerprint density at radius 1 is 1.08 bits per heavy atom. The van der Waals surface area contributed by atoms with E-state index in [0.717, 1.165) is 17.7 Å². The van der Waals surface area contributed by atoms with Crippen molar-refractivity contribution in [2.45, 2.75) is 44.2 Å². The van der Waals surface area contributed by atoms with Crippen molar-refractivity contribution in [2.24, 2.45) is 0 Å². The molecule has 1 aromatic carbocycles. The van der Waals surface area contributed by atoms with E-state index < -0.39 is 29.5 Å². The minimum atomic E-state index is -4.90. The number of likely N-dealkylation sites (N-methyl/N-ethyl adjacent to an activating group) is 1. The Morgan fingerprint density at radius 3 is 2.08 bits per heavy atom. The third-order valence-electron chi connectivity index (χ3n) is 4.05. The summed E-state index contributed by atoms with van der Waals surface area (Å²) < 4.78 is 77.2. The Labute approximate surface area is 141 Å². The fourth-order valence-corrected chi connectivity index (χ4v) is 2.79. The molecule has 140 valence electrons. The van der Waals surface area contributed by atoms with Crippen LogP contribution in [0.1, 0.15) is 36.0 Å². The highest BCUT2D eigenvalue weighted by molar-refractivity contribution is 5.81. The Morgan fingerprint density at radius 2 is 1.64 bits per heavy atom. The van der Waals surface area contributed by atoms with Crippen molar-refractivity contribution in [3.05, 3.63) is 34.9 Å². The monoisotopic (exact) mass is 368 g/mol. The number of rotatable bonds is 3. The average molecular weight is 368 g/mol. The highest BCUT2D eigenvalue weighted by Gasteiger charge is 2.37. The lowest BCUT2D eigenvalue weighted by Gasteiger charge is -2.28. The maximum absolute atomic E-state index is 12.9. The molecule has 1 aliphatic heterocycles. The Bertz CT molecular complexity index is 588. The summed E-state index contributed by atoms with van der Waals surface area (Å²) in [6, 6.07) is 0.918. The molecule has 0 spiro atoms. The predicted octanol–water partition coefficient (Wildman–Crippen LogP) is 3.82. The summed E-state index contributed by atoms with van der Waals surface area (Å²) in [4.78, 5) is 13.4. The number of carbonyl (C=O) groups is 1. The summed E-state index contributed by atoms with van der Waals surface area (Å²) in [6.07, 6.45) is -7.43. The Hall–Kier alpha value is -1.77. The van der Waals surface area contributed by atoms with Crippen molar-refractivity contribution in [3.63, 3.8) is 0 Å². The summed E-state index contributed by atoms with van der Waals surface area (Å²) in [5.41, 5.74) is -2.98. The number of halogens is 6. The van der Waals surface area contributed by atoms with E-state index >= 15 is 0 Å². The number of nitrogens with zero attached hydrogens (tertiary/aromatic N) is 1. The van der Waals surface area contributed by atoms with Gasteiger partial charge in [-0.3, -0.25) is 4.79 Å². The van der Waals surface area contributed by atoms with Crippen LogP contribution in [-0.4, -0.2) is 30.4 Å². The maximum Gasteiger partial charge on any atom is 0.416 e. The van der Waals surface area contributed by atoms with Gasteiger partial charge in [-0.15, -0.1) is 0 Å². The SMILES string of the molecule is CN(Cc1cc(C(F)(F)F)cc(C(F)(F)F)c1)C(=O)C1CCCCN1. The molecule has 25 heavy (non-hydrogen) atoms. The molecule has 0 aromatic heterocycles. The van der Waals surface area contributed by atoms with Crippen LogP contribution in [0.15, 0.2) is 18.2 Å². The van der Waals surface area contributed by atoms with Crippen LogP contribution < -0.4 is 5.32 Å². The molecule has 1 unspecified atom stereocenters. The van der Waals surface area contributed by atoms with Gasteiger partial charge in [0.15, 0.2) is 0 Å². The lowest BCUT2D eigenvalue weighted by atomic mass is 10.0. The summed E-state index contributed by atoms with van der Waals surface area (Å²) in [7, 11) is 1.37. The molecule has 1 heterocycles. The molecule has 0 radical (unpaired) electrons. The van der Waals surface area contributed by atoms with Gasteiger partial charge in [-0.1, -0.05) is 6.42 Å². The number of hydrogen-bond donors (Lipinski definition) is 1. The number of benzene rings is 1. The second-order valence-corrected chi connectivity index (χ2v) is 6.11. The van der Waals surface area contributed by atoms with Crippen molar-refractivity contribution >= 4 is 5.91 Å². The largest absolute Gasteiger partial charge is 0.416 e. The lowest BCUT2D eigenvalue weighted by Crippen LogP contribution is -2.47. The van der Waals surface area contributed by atoms with Gasteiger partial charge < -0.3 is 10.2 Å². The minimum Gasteiger partial charge on any atom is -0.340 e. The molecule has 1 aromatic rings. The molecule has 2 rings (SSSR count). The summed E-state index contributed by atoms with van der Waals surface area (Å²) in [5, 5.41) is 3.01. The van der Waals surface area contributed by atoms with Gasteiger partial charge in [-0.05, 0) is 43.1 Å². The van der Waals surface area contributed by atoms with E-state index in [1.54, 1.807) is 0 Å². The maximum atomic E-state index is 12.9. The molecule has 1 aliphatic rings. The molecule has 1 fully saturated rings. The number of alkyl halides is 6. The van der Waals surface area contributed by atoms with Gasteiger partial charge in [-0.25, -0.2) is 0 Å². The first-order valence-corrected chi connectivity index (χ1v) is 7.75. The number of hydrogen-bond acceptors (Lipinski definition) is 2. The Balaban J connectivity index is 2.23. The third kappa shape index (κ3) is 5.10. The first kappa shape index (κ1) is 19.6. The molecule has 0 aliphatic carbocycles. The zero-order valence-corrected chi connectivity index (χ0v) is 13.5. The van der Waals surface area contributed by atoms with E-state index in [2.05, 4.69) is 5.32 Å². The van der Waals surface area contributed by atoms with Crippen LogP contribution in [0.2, 0.25) is 0 Å². The topological polar surface area (TPSA) is 32.3 Å². The van der Waals surface area contributed by atoms with Crippen molar-refractivity contribution in [1.29, 1.82) is 0 Å². The van der Waals surface area contributed by atoms with Crippen molar-refractivity contribution in [1.82, 2.24) is 10.2 Å². The van der Waals surface area contributed by atoms with E-state index in [-0.39, 0.29) is 24.1 Å². The highest BCUT2D eigenvalue weighted by Crippen LogP contribution is 2.36. The van der Waals surface area contributed by atoms with Gasteiger partial charge in [0.2, 0.25) is 5.91 Å². The first-order valence-electron chi connectivity index (χ1n) is 7.75. The molecular formula is C16H18F6N2O. The lowest BCUT2D eigenvalue weighted by molar-refractivity contribution is -0.143. The molecular weight excluding hydrogens is 350 g/mol. The van der Waals surface area contributed by atoms with Crippen LogP contribution in [0.5, 0.6) is 0 Å². The van der Waals surface area contributed by atoms with Gasteiger partial charge in [0.25, 0.3) is 0 Å². The third-order valence-corrected chi connectivity index (χ3v) is 4.05. The van der Waals surface area contributed by atoms with Crippen molar-refractivity contribution in [2.75, 3.05) is 13.6 Å². The van der Waals surface area contributed by atoms with Crippen LogP contribution in [0.4, 0.5) is 26.3 Å². The van der Waals surface area contributed by atoms with Gasteiger partial charge in [0, 0.05) is 13.6 Å². The molecule has 1 atom stereocenters. The molecule has 1 amide bonds. The summed E-state index contributed by atoms with van der Waals surface area (Å²) >= 11 is 0. The van der Waals surface area contributed by atoms with E-state index in [1.807, 2.05) is 0 Å². The van der Waals surface area contributed by atoms with Gasteiger partial charge in [-0.2, -0.15) is 26.3 Å². The number of nitrogens with one attached hydrogen (secondary N) is 1. The van der Waals surface area contributed by atoms with Crippen LogP contribution >= 0.6 is 0 Å². The van der Waals surface area contributed by atoms with Crippen LogP contribution in [0.3, 0.4) is 0 Å². The smallest absolute Gasteiger partial charge is 0.340 e. The van der Waals surface area contributed by atoms with E-state index in [1.165, 1.54) is 7.05 Å². The zero-order chi connectivity index (χ0) is 18.8. The van der Waals surface area contributed by atoms with E-state index in [4.69, 9.17) is 0 Å². The van der Waals surface area contributed by atoms with E-state index in [9.17, 15) is 31.1 Å². The molecule has 1 N–H and O–H groups in total. The van der Waals surface area contributed by atoms with Gasteiger partial charge in [0.1, 0.15) is 0 Å². The van der Waals surface area contributed by atoms with Crippen LogP contribution in [0, 0.1) is 0 Å². The average Bonchev–Trinajstić information content (AvgIpc) is 2.53. The number of carbonyl (C=O) groups excluding carboxylic acids is 1. The quantitative estimate of drug-likeness (QED) is 0.823. The standard InChI is InChI=1S/C16H18F6N2O/c1-24(14(25)13-4-2-3-5-23-13)9-10-6-11(15(17,18)19)8-12(7-10)16(20,21)22/h6-8,13,23H,2-5,9H2,1H3. The number of piperidine rings is 1. The summed E-state index contributed by atoms with van der Waals surface area (Å²) in [5.74, 6) is -0.342. The molecule has 1 saturated heterocycles. The molecule has 3 nitrogen and oxygen atoms in total. The fraction of sp³-hybridized carbons (Fsp3) is 0.562. The molecule has 0 bridgehead atoms. The highest BCUT2D eigenvalue weighted by atomic mass is 19.4. The second kappa shape index (κ2) is 7.23. The second-order valence-electron chi connectivity index (χ2n) is 6.11. The van der Waals surface area contributed by atoms with Crippen molar-refractivity contribution < 1.29 is 31.1 Å². The minimum absolute atomic E-state index is 0.0774. The number of amides is 1. The van der Waals surface area contributed by atoms with Crippen LogP contribution in [0.25, 0.3) is 0 Å². The van der Waals surface area contributed by atoms with Crippen molar-refractivity contribution in [3.8, 4) is 0 Å².